The lowest BCUT2D eigenvalue weighted by molar-refractivity contribution is 0.0466. The number of esters is 1. The summed E-state index contributed by atoms with van der Waals surface area (Å²) < 4.78 is 23.7. The van der Waals surface area contributed by atoms with Crippen molar-refractivity contribution in [1.29, 1.82) is 0 Å². The van der Waals surface area contributed by atoms with Gasteiger partial charge in [-0.3, -0.25) is 4.79 Å². The van der Waals surface area contributed by atoms with Gasteiger partial charge in [-0.05, 0) is 38.8 Å². The Morgan fingerprint density at radius 3 is 2.24 bits per heavy atom. The fraction of sp³-hybridized carbons (Fsp3) is 0.478. The van der Waals surface area contributed by atoms with Crippen LogP contribution in [-0.4, -0.2) is 40.4 Å². The van der Waals surface area contributed by atoms with Crippen LogP contribution in [0.3, 0.4) is 0 Å². The van der Waals surface area contributed by atoms with Crippen LogP contribution in [0, 0.1) is 5.92 Å². The van der Waals surface area contributed by atoms with Crippen LogP contribution in [0.1, 0.15) is 55.7 Å². The van der Waals surface area contributed by atoms with Gasteiger partial charge in [0.2, 0.25) is 10.7 Å². The standard InChI is InChI=1S/C23H29N3O6S/c1-6-29-17-10-15(11-18(30-7-2)21(17)31-8-3)22(28)32-13-16-12-20(27)26-23(24-16)33-19(25-26)9-14(4)5/h10-12,14H,6-9,13H2,1-5H3. The van der Waals surface area contributed by atoms with E-state index in [2.05, 4.69) is 23.9 Å². The number of carbonyl (C=O) groups is 1. The van der Waals surface area contributed by atoms with Gasteiger partial charge < -0.3 is 18.9 Å². The van der Waals surface area contributed by atoms with Gasteiger partial charge in [0.1, 0.15) is 11.6 Å². The van der Waals surface area contributed by atoms with E-state index in [1.165, 1.54) is 21.9 Å². The average Bonchev–Trinajstić information content (AvgIpc) is 3.16. The number of ether oxygens (including phenoxy) is 4. The molecule has 0 saturated carbocycles. The lowest BCUT2D eigenvalue weighted by Crippen LogP contribution is -2.17. The molecule has 0 aliphatic rings. The van der Waals surface area contributed by atoms with Crippen LogP contribution < -0.4 is 19.8 Å². The van der Waals surface area contributed by atoms with Crippen molar-refractivity contribution < 1.29 is 23.7 Å². The molecule has 0 aliphatic heterocycles. The Morgan fingerprint density at radius 2 is 1.67 bits per heavy atom. The molecular formula is C23H29N3O6S. The van der Waals surface area contributed by atoms with Crippen molar-refractivity contribution in [3.63, 3.8) is 0 Å². The van der Waals surface area contributed by atoms with Crippen molar-refractivity contribution in [3.05, 3.63) is 44.8 Å². The van der Waals surface area contributed by atoms with Gasteiger partial charge >= 0.3 is 5.97 Å². The molecule has 2 aromatic heterocycles. The first-order valence-corrected chi connectivity index (χ1v) is 11.8. The number of fused-ring (bicyclic) bond motifs is 1. The summed E-state index contributed by atoms with van der Waals surface area (Å²) >= 11 is 1.36. The predicted molar refractivity (Wildman–Crippen MR) is 125 cm³/mol. The van der Waals surface area contributed by atoms with E-state index in [-0.39, 0.29) is 17.7 Å². The molecule has 1 aromatic carbocycles. The number of carbonyl (C=O) groups excluding carboxylic acids is 1. The van der Waals surface area contributed by atoms with E-state index in [9.17, 15) is 9.59 Å². The molecule has 9 nitrogen and oxygen atoms in total. The highest BCUT2D eigenvalue weighted by atomic mass is 32.1. The molecule has 0 bridgehead atoms. The lowest BCUT2D eigenvalue weighted by Gasteiger charge is -2.16. The Bertz CT molecular complexity index is 1140. The number of rotatable bonds is 11. The van der Waals surface area contributed by atoms with Gasteiger partial charge in [0, 0.05) is 12.5 Å². The van der Waals surface area contributed by atoms with E-state index < -0.39 is 5.97 Å². The number of hydrogen-bond donors (Lipinski definition) is 0. The Balaban J connectivity index is 1.82. The van der Waals surface area contributed by atoms with Crippen LogP contribution in [0.4, 0.5) is 0 Å². The van der Waals surface area contributed by atoms with E-state index >= 15 is 0 Å². The summed E-state index contributed by atoms with van der Waals surface area (Å²) in [5.41, 5.74) is 0.296. The smallest absolute Gasteiger partial charge is 0.338 e. The SMILES string of the molecule is CCOc1cc(C(=O)OCc2cc(=O)n3nc(CC(C)C)sc3n2)cc(OCC)c1OCC. The summed E-state index contributed by atoms with van der Waals surface area (Å²) in [5.74, 6) is 1.07. The maximum Gasteiger partial charge on any atom is 0.338 e. The third-order valence-corrected chi connectivity index (χ3v) is 5.35. The normalized spacial score (nSPS) is 11.1. The van der Waals surface area contributed by atoms with Crippen molar-refractivity contribution in [2.24, 2.45) is 5.92 Å². The highest BCUT2D eigenvalue weighted by Gasteiger charge is 2.20. The molecule has 0 radical (unpaired) electrons. The molecule has 0 fully saturated rings. The largest absolute Gasteiger partial charge is 0.490 e. The van der Waals surface area contributed by atoms with Crippen LogP contribution in [0.25, 0.3) is 4.96 Å². The Labute approximate surface area is 196 Å². The second-order valence-electron chi connectivity index (χ2n) is 7.55. The van der Waals surface area contributed by atoms with E-state index in [1.54, 1.807) is 12.1 Å². The van der Waals surface area contributed by atoms with Crippen LogP contribution >= 0.6 is 11.3 Å². The molecule has 2 heterocycles. The maximum atomic E-state index is 12.8. The minimum Gasteiger partial charge on any atom is -0.490 e. The molecule has 0 saturated heterocycles. The van der Waals surface area contributed by atoms with Crippen LogP contribution in [0.2, 0.25) is 0 Å². The average molecular weight is 476 g/mol. The van der Waals surface area contributed by atoms with Crippen molar-refractivity contribution in [3.8, 4) is 17.2 Å². The minimum absolute atomic E-state index is 0.150. The van der Waals surface area contributed by atoms with Crippen molar-refractivity contribution in [1.82, 2.24) is 14.6 Å². The van der Waals surface area contributed by atoms with Crippen molar-refractivity contribution in [2.45, 2.75) is 47.6 Å². The molecule has 0 aliphatic carbocycles. The highest BCUT2D eigenvalue weighted by molar-refractivity contribution is 7.16. The second-order valence-corrected chi connectivity index (χ2v) is 8.59. The number of nitrogens with zero attached hydrogens (tertiary/aromatic N) is 3. The zero-order valence-corrected chi connectivity index (χ0v) is 20.4. The summed E-state index contributed by atoms with van der Waals surface area (Å²) in [5, 5.41) is 5.16. The Kier molecular flexibility index (Phi) is 8.26. The Morgan fingerprint density at radius 1 is 1.03 bits per heavy atom. The minimum atomic E-state index is -0.591. The van der Waals surface area contributed by atoms with E-state index in [4.69, 9.17) is 18.9 Å². The van der Waals surface area contributed by atoms with Gasteiger partial charge in [-0.25, -0.2) is 9.78 Å². The monoisotopic (exact) mass is 475 g/mol. The molecule has 3 aromatic rings. The topological polar surface area (TPSA) is 101 Å². The van der Waals surface area contributed by atoms with Gasteiger partial charge in [-0.15, -0.1) is 0 Å². The zero-order valence-electron chi connectivity index (χ0n) is 19.5. The molecule has 0 spiro atoms. The highest BCUT2D eigenvalue weighted by Crippen LogP contribution is 2.39. The van der Waals surface area contributed by atoms with Gasteiger partial charge in [0.15, 0.2) is 11.5 Å². The first-order valence-electron chi connectivity index (χ1n) is 11.0. The van der Waals surface area contributed by atoms with E-state index in [0.717, 1.165) is 11.4 Å². The first kappa shape index (κ1) is 24.5. The first-order chi connectivity index (χ1) is 15.9. The lowest BCUT2D eigenvalue weighted by atomic mass is 10.1. The van der Waals surface area contributed by atoms with Crippen LogP contribution in [-0.2, 0) is 17.8 Å². The molecule has 0 atom stereocenters. The van der Waals surface area contributed by atoms with E-state index in [0.29, 0.717) is 53.6 Å². The third-order valence-electron chi connectivity index (χ3n) is 4.42. The quantitative estimate of drug-likeness (QED) is 0.385. The Hall–Kier alpha value is -3.14. The van der Waals surface area contributed by atoms with Gasteiger partial charge in [-0.2, -0.15) is 9.61 Å². The van der Waals surface area contributed by atoms with Crippen LogP contribution in [0.15, 0.2) is 23.0 Å². The molecular weight excluding hydrogens is 446 g/mol. The van der Waals surface area contributed by atoms with Gasteiger partial charge in [-0.1, -0.05) is 25.2 Å². The molecule has 33 heavy (non-hydrogen) atoms. The second kappa shape index (κ2) is 11.1. The van der Waals surface area contributed by atoms with Crippen molar-refractivity contribution >= 4 is 22.3 Å². The predicted octanol–water partition coefficient (Wildman–Crippen LogP) is 3.90. The number of hydrogen-bond acceptors (Lipinski definition) is 9. The van der Waals surface area contributed by atoms with Crippen molar-refractivity contribution in [2.75, 3.05) is 19.8 Å². The summed E-state index contributed by atoms with van der Waals surface area (Å²) in [6.07, 6.45) is 0.764. The zero-order chi connectivity index (χ0) is 24.0. The summed E-state index contributed by atoms with van der Waals surface area (Å²) in [7, 11) is 0. The molecule has 0 N–H and O–H groups in total. The van der Waals surface area contributed by atoms with Crippen LogP contribution in [0.5, 0.6) is 17.2 Å². The summed E-state index contributed by atoms with van der Waals surface area (Å²) in [6.45, 7) is 10.8. The fourth-order valence-corrected chi connectivity index (χ4v) is 4.26. The molecule has 178 valence electrons. The molecule has 3 rings (SSSR count). The molecule has 10 heteroatoms. The molecule has 0 amide bonds. The number of aromatic nitrogens is 3. The third kappa shape index (κ3) is 6.01. The molecule has 0 unspecified atom stereocenters. The summed E-state index contributed by atoms with van der Waals surface area (Å²) in [6, 6.07) is 4.45. The number of benzene rings is 1. The fourth-order valence-electron chi connectivity index (χ4n) is 3.13. The van der Waals surface area contributed by atoms with Gasteiger partial charge in [0.25, 0.3) is 5.56 Å². The van der Waals surface area contributed by atoms with E-state index in [1.807, 2.05) is 20.8 Å². The maximum absolute atomic E-state index is 12.8. The summed E-state index contributed by atoms with van der Waals surface area (Å²) in [4.78, 5) is 30.1. The van der Waals surface area contributed by atoms with Gasteiger partial charge in [0.05, 0.1) is 31.1 Å².